The maximum atomic E-state index is 12.5. The van der Waals surface area contributed by atoms with E-state index in [0.29, 0.717) is 4.90 Å². The molecule has 0 aliphatic rings. The molecule has 0 saturated heterocycles. The van der Waals surface area contributed by atoms with Gasteiger partial charge in [-0.25, -0.2) is 4.79 Å². The number of carbonyl (C=O) groups is 3. The Labute approximate surface area is 182 Å². The largest absolute Gasteiger partial charge is 0.452 e. The van der Waals surface area contributed by atoms with E-state index in [2.05, 4.69) is 5.32 Å². The third-order valence-electron chi connectivity index (χ3n) is 4.08. The van der Waals surface area contributed by atoms with Gasteiger partial charge in [-0.1, -0.05) is 48.5 Å². The molecule has 0 bridgehead atoms. The number of hydrogen-bond donors (Lipinski definition) is 2. The van der Waals surface area contributed by atoms with Crippen molar-refractivity contribution < 1.29 is 19.1 Å². The first-order valence-corrected chi connectivity index (χ1v) is 11.0. The Morgan fingerprint density at radius 2 is 1.73 bits per heavy atom. The smallest absolute Gasteiger partial charge is 0.339 e. The lowest BCUT2D eigenvalue weighted by Gasteiger charge is -2.18. The zero-order valence-electron chi connectivity index (χ0n) is 15.9. The number of nitrogens with one attached hydrogen (secondary N) is 1. The molecule has 8 heteroatoms. The van der Waals surface area contributed by atoms with E-state index in [4.69, 9.17) is 10.5 Å². The lowest BCUT2D eigenvalue weighted by atomic mass is 10.1. The minimum atomic E-state index is -0.634. The molecule has 6 nitrogen and oxygen atoms in total. The van der Waals surface area contributed by atoms with Gasteiger partial charge in [-0.05, 0) is 29.1 Å². The van der Waals surface area contributed by atoms with E-state index in [1.54, 1.807) is 24.3 Å². The molecule has 2 amide bonds. The van der Waals surface area contributed by atoms with Crippen LogP contribution < -0.4 is 11.1 Å². The van der Waals surface area contributed by atoms with Gasteiger partial charge < -0.3 is 15.8 Å². The molecule has 1 unspecified atom stereocenters. The number of benzene rings is 2. The van der Waals surface area contributed by atoms with E-state index >= 15 is 0 Å². The van der Waals surface area contributed by atoms with Gasteiger partial charge in [0.05, 0.1) is 17.4 Å². The topological polar surface area (TPSA) is 98.5 Å². The number of carbonyl (C=O) groups excluding carboxylic acids is 3. The molecular weight excluding hydrogens is 420 g/mol. The maximum absolute atomic E-state index is 12.5. The molecule has 0 aliphatic heterocycles. The van der Waals surface area contributed by atoms with Crippen molar-refractivity contribution in [3.8, 4) is 0 Å². The van der Waals surface area contributed by atoms with Gasteiger partial charge >= 0.3 is 5.97 Å². The number of amides is 2. The zero-order valence-corrected chi connectivity index (χ0v) is 17.6. The molecule has 3 rings (SSSR count). The zero-order chi connectivity index (χ0) is 21.3. The molecule has 3 aromatic rings. The molecular formula is C22H20N2O4S2. The quantitative estimate of drug-likeness (QED) is 0.393. The van der Waals surface area contributed by atoms with E-state index in [1.807, 2.05) is 47.8 Å². The van der Waals surface area contributed by atoms with Crippen molar-refractivity contribution in [3.05, 3.63) is 88.1 Å². The molecule has 1 heterocycles. The summed E-state index contributed by atoms with van der Waals surface area (Å²) in [4.78, 5) is 37.5. The van der Waals surface area contributed by atoms with Crippen LogP contribution in [-0.2, 0) is 14.3 Å². The van der Waals surface area contributed by atoms with Crippen LogP contribution in [0, 0.1) is 0 Å². The van der Waals surface area contributed by atoms with E-state index < -0.39 is 24.4 Å². The Hall–Kier alpha value is -3.10. The molecule has 0 spiro atoms. The van der Waals surface area contributed by atoms with Crippen LogP contribution in [0.15, 0.2) is 77.0 Å². The van der Waals surface area contributed by atoms with E-state index in [0.717, 1.165) is 22.2 Å². The number of esters is 1. The fraction of sp³-hybridized carbons (Fsp3) is 0.136. The molecule has 1 atom stereocenters. The van der Waals surface area contributed by atoms with Crippen LogP contribution in [0.1, 0.15) is 26.8 Å². The van der Waals surface area contributed by atoms with Crippen molar-refractivity contribution in [2.45, 2.75) is 10.9 Å². The molecule has 0 radical (unpaired) electrons. The normalized spacial score (nSPS) is 11.5. The van der Waals surface area contributed by atoms with Gasteiger partial charge in [-0.2, -0.15) is 0 Å². The van der Waals surface area contributed by atoms with Gasteiger partial charge in [0, 0.05) is 9.77 Å². The number of thioether (sulfide) groups is 1. The molecule has 0 aliphatic carbocycles. The fourth-order valence-electron chi connectivity index (χ4n) is 2.74. The third kappa shape index (κ3) is 5.95. The highest BCUT2D eigenvalue weighted by molar-refractivity contribution is 8.00. The number of nitrogens with two attached hydrogens (primary N) is 1. The number of hydrogen-bond acceptors (Lipinski definition) is 6. The predicted octanol–water partition coefficient (Wildman–Crippen LogP) is 3.39. The molecule has 2 aromatic carbocycles. The highest BCUT2D eigenvalue weighted by Gasteiger charge is 2.20. The summed E-state index contributed by atoms with van der Waals surface area (Å²) in [7, 11) is 0. The molecule has 3 N–H and O–H groups in total. The first-order chi connectivity index (χ1) is 14.5. The average Bonchev–Trinajstić information content (AvgIpc) is 3.29. The number of primary amides is 1. The van der Waals surface area contributed by atoms with Gasteiger partial charge in [0.15, 0.2) is 6.61 Å². The van der Waals surface area contributed by atoms with E-state index in [1.165, 1.54) is 11.3 Å². The van der Waals surface area contributed by atoms with Gasteiger partial charge in [0.1, 0.15) is 0 Å². The SMILES string of the molecule is NC(=O)CSc1ccccc1C(=O)OCC(=O)NC(c1ccccc1)c1cccs1. The number of ether oxygens (including phenoxy) is 1. The maximum Gasteiger partial charge on any atom is 0.339 e. The Bertz CT molecular complexity index is 1010. The minimum absolute atomic E-state index is 0.0460. The van der Waals surface area contributed by atoms with Gasteiger partial charge in [0.25, 0.3) is 5.91 Å². The summed E-state index contributed by atoms with van der Waals surface area (Å²) in [5.41, 5.74) is 6.40. The van der Waals surface area contributed by atoms with Crippen LogP contribution in [-0.4, -0.2) is 30.1 Å². The van der Waals surface area contributed by atoms with E-state index in [-0.39, 0.29) is 17.4 Å². The molecule has 0 saturated carbocycles. The van der Waals surface area contributed by atoms with Crippen LogP contribution in [0.4, 0.5) is 0 Å². The summed E-state index contributed by atoms with van der Waals surface area (Å²) >= 11 is 2.69. The average molecular weight is 441 g/mol. The van der Waals surface area contributed by atoms with Crippen LogP contribution in [0.2, 0.25) is 0 Å². The molecule has 1 aromatic heterocycles. The first-order valence-electron chi connectivity index (χ1n) is 9.09. The predicted molar refractivity (Wildman–Crippen MR) is 117 cm³/mol. The summed E-state index contributed by atoms with van der Waals surface area (Å²) in [6.45, 7) is -0.414. The van der Waals surface area contributed by atoms with Crippen molar-refractivity contribution in [3.63, 3.8) is 0 Å². The lowest BCUT2D eigenvalue weighted by molar-refractivity contribution is -0.124. The fourth-order valence-corrected chi connectivity index (χ4v) is 4.32. The van der Waals surface area contributed by atoms with Crippen molar-refractivity contribution in [2.75, 3.05) is 12.4 Å². The van der Waals surface area contributed by atoms with Crippen molar-refractivity contribution in [1.29, 1.82) is 0 Å². The Balaban J connectivity index is 1.64. The number of rotatable bonds is 9. The standard InChI is InChI=1S/C22H20N2O4S2/c23-19(25)14-30-17-10-5-4-9-16(17)22(27)28-13-20(26)24-21(18-11-6-12-29-18)15-7-2-1-3-8-15/h1-12,21H,13-14H2,(H2,23,25)(H,24,26). The highest BCUT2D eigenvalue weighted by Crippen LogP contribution is 2.26. The van der Waals surface area contributed by atoms with E-state index in [9.17, 15) is 14.4 Å². The van der Waals surface area contributed by atoms with Gasteiger partial charge in [0.2, 0.25) is 5.91 Å². The van der Waals surface area contributed by atoms with Crippen molar-refractivity contribution in [1.82, 2.24) is 5.32 Å². The molecule has 0 fully saturated rings. The minimum Gasteiger partial charge on any atom is -0.452 e. The monoisotopic (exact) mass is 440 g/mol. The Morgan fingerprint density at radius 1 is 1.00 bits per heavy atom. The lowest BCUT2D eigenvalue weighted by Crippen LogP contribution is -2.32. The highest BCUT2D eigenvalue weighted by atomic mass is 32.2. The van der Waals surface area contributed by atoms with Crippen LogP contribution >= 0.6 is 23.1 Å². The molecule has 154 valence electrons. The summed E-state index contributed by atoms with van der Waals surface area (Å²) < 4.78 is 5.21. The third-order valence-corrected chi connectivity index (χ3v) is 6.11. The summed E-state index contributed by atoms with van der Waals surface area (Å²) in [6.07, 6.45) is 0. The van der Waals surface area contributed by atoms with Crippen molar-refractivity contribution in [2.24, 2.45) is 5.73 Å². The summed E-state index contributed by atoms with van der Waals surface area (Å²) in [5, 5.41) is 4.87. The van der Waals surface area contributed by atoms with Crippen LogP contribution in [0.3, 0.4) is 0 Å². The first kappa shape index (κ1) is 21.6. The second-order valence-corrected chi connectivity index (χ2v) is 8.25. The van der Waals surface area contributed by atoms with Crippen LogP contribution in [0.25, 0.3) is 0 Å². The second kappa shape index (κ2) is 10.6. The van der Waals surface area contributed by atoms with Gasteiger partial charge in [-0.3, -0.25) is 9.59 Å². The van der Waals surface area contributed by atoms with Crippen LogP contribution in [0.5, 0.6) is 0 Å². The Kier molecular flexibility index (Phi) is 7.64. The summed E-state index contributed by atoms with van der Waals surface area (Å²) in [6, 6.07) is 19.9. The summed E-state index contributed by atoms with van der Waals surface area (Å²) in [5.74, 6) is -1.48. The second-order valence-electron chi connectivity index (χ2n) is 6.25. The van der Waals surface area contributed by atoms with Crippen molar-refractivity contribution >= 4 is 40.9 Å². The number of thiophene rings is 1. The Morgan fingerprint density at radius 3 is 2.43 bits per heavy atom. The van der Waals surface area contributed by atoms with Gasteiger partial charge in [-0.15, -0.1) is 23.1 Å². The molecule has 30 heavy (non-hydrogen) atoms.